The van der Waals surface area contributed by atoms with Gasteiger partial charge in [-0.25, -0.2) is 13.1 Å². The molecule has 1 aromatic rings. The molecule has 7 heteroatoms. The maximum atomic E-state index is 12.0. The van der Waals surface area contributed by atoms with Gasteiger partial charge in [-0.3, -0.25) is 5.10 Å². The van der Waals surface area contributed by atoms with E-state index in [4.69, 9.17) is 0 Å². The summed E-state index contributed by atoms with van der Waals surface area (Å²) in [6.45, 7) is 0. The van der Waals surface area contributed by atoms with Crippen LogP contribution in [-0.4, -0.2) is 30.0 Å². The summed E-state index contributed by atoms with van der Waals surface area (Å²) in [5.41, 5.74) is 0. The van der Waals surface area contributed by atoms with Crippen LogP contribution in [0.15, 0.2) is 17.3 Å². The Balaban J connectivity index is 2.09. The molecule has 17 heavy (non-hydrogen) atoms. The summed E-state index contributed by atoms with van der Waals surface area (Å²) in [6, 6.07) is 0.0306. The van der Waals surface area contributed by atoms with Crippen LogP contribution in [0.1, 0.15) is 25.7 Å². The first-order valence-electron chi connectivity index (χ1n) is 5.70. The first kappa shape index (κ1) is 13.0. The van der Waals surface area contributed by atoms with Crippen molar-refractivity contribution in [1.82, 2.24) is 14.9 Å². The Bertz CT molecular complexity index is 446. The minimum atomic E-state index is -3.42. The Morgan fingerprint density at radius 3 is 2.88 bits per heavy atom. The zero-order valence-electron chi connectivity index (χ0n) is 9.39. The number of H-pyrrole nitrogens is 1. The Morgan fingerprint density at radius 1 is 1.47 bits per heavy atom. The van der Waals surface area contributed by atoms with Gasteiger partial charge in [0.1, 0.15) is 4.90 Å². The average Bonchev–Trinajstić information content (AvgIpc) is 2.83. The zero-order chi connectivity index (χ0) is 12.3. The number of hydrogen-bond donors (Lipinski definition) is 2. The van der Waals surface area contributed by atoms with Gasteiger partial charge < -0.3 is 0 Å². The summed E-state index contributed by atoms with van der Waals surface area (Å²) in [6.07, 6.45) is 6.97. The van der Waals surface area contributed by atoms with Crippen molar-refractivity contribution in [2.75, 3.05) is 5.33 Å². The fraction of sp³-hybridized carbons (Fsp3) is 0.700. The molecule has 0 radical (unpaired) electrons. The first-order valence-corrected chi connectivity index (χ1v) is 8.31. The number of nitrogens with one attached hydrogen (secondary N) is 2. The predicted molar refractivity (Wildman–Crippen MR) is 68.4 cm³/mol. The predicted octanol–water partition coefficient (Wildman–Crippen LogP) is 1.64. The van der Waals surface area contributed by atoms with E-state index in [1.807, 2.05) is 0 Å². The molecule has 0 aliphatic heterocycles. The van der Waals surface area contributed by atoms with Crippen LogP contribution < -0.4 is 4.72 Å². The van der Waals surface area contributed by atoms with Crippen molar-refractivity contribution in [1.29, 1.82) is 0 Å². The summed E-state index contributed by atoms with van der Waals surface area (Å²) in [5, 5.41) is 7.03. The zero-order valence-corrected chi connectivity index (χ0v) is 11.8. The third kappa shape index (κ3) is 3.08. The second-order valence-corrected chi connectivity index (χ2v) is 6.72. The lowest BCUT2D eigenvalue weighted by Crippen LogP contribution is -2.42. The average molecular weight is 322 g/mol. The van der Waals surface area contributed by atoms with Gasteiger partial charge in [-0.1, -0.05) is 28.8 Å². The molecule has 0 bridgehead atoms. The molecule has 5 nitrogen and oxygen atoms in total. The molecule has 0 spiro atoms. The van der Waals surface area contributed by atoms with Crippen molar-refractivity contribution < 1.29 is 8.42 Å². The summed E-state index contributed by atoms with van der Waals surface area (Å²) in [4.78, 5) is 0.205. The summed E-state index contributed by atoms with van der Waals surface area (Å²) >= 11 is 3.45. The number of nitrogens with zero attached hydrogens (tertiary/aromatic N) is 1. The van der Waals surface area contributed by atoms with Crippen molar-refractivity contribution in [3.05, 3.63) is 12.4 Å². The van der Waals surface area contributed by atoms with Crippen molar-refractivity contribution in [2.24, 2.45) is 5.92 Å². The van der Waals surface area contributed by atoms with Gasteiger partial charge in [0.15, 0.2) is 0 Å². The van der Waals surface area contributed by atoms with Crippen molar-refractivity contribution in [2.45, 2.75) is 36.6 Å². The molecule has 2 unspecified atom stereocenters. The van der Waals surface area contributed by atoms with E-state index in [1.165, 1.54) is 18.8 Å². The molecule has 1 aromatic heterocycles. The lowest BCUT2D eigenvalue weighted by molar-refractivity contribution is 0.316. The molecule has 1 fully saturated rings. The third-order valence-electron chi connectivity index (χ3n) is 3.20. The minimum Gasteiger partial charge on any atom is -0.284 e. The van der Waals surface area contributed by atoms with Crippen LogP contribution in [0.25, 0.3) is 0 Å². The van der Waals surface area contributed by atoms with Crippen LogP contribution in [0.4, 0.5) is 0 Å². The van der Waals surface area contributed by atoms with E-state index in [-0.39, 0.29) is 10.9 Å². The number of hydrogen-bond acceptors (Lipinski definition) is 3. The lowest BCUT2D eigenvalue weighted by Gasteiger charge is -2.30. The fourth-order valence-corrected chi connectivity index (χ4v) is 4.22. The maximum absolute atomic E-state index is 12.0. The standard InChI is InChI=1S/C10H16BrN3O2S/c11-5-8-3-1-2-4-10(8)14-17(15,16)9-6-12-13-7-9/h6-8,10,14H,1-5H2,(H,12,13). The number of halogens is 1. The van der Waals surface area contributed by atoms with Crippen molar-refractivity contribution in [3.63, 3.8) is 0 Å². The third-order valence-corrected chi connectivity index (χ3v) is 5.49. The van der Waals surface area contributed by atoms with Gasteiger partial charge in [0.2, 0.25) is 10.0 Å². The van der Waals surface area contributed by atoms with Crippen LogP contribution in [0.3, 0.4) is 0 Å². The molecule has 1 aliphatic rings. The number of rotatable bonds is 4. The smallest absolute Gasteiger partial charge is 0.243 e. The lowest BCUT2D eigenvalue weighted by atomic mass is 9.87. The second-order valence-electron chi connectivity index (χ2n) is 4.36. The molecule has 2 rings (SSSR count). The molecule has 2 N–H and O–H groups in total. The van der Waals surface area contributed by atoms with Crippen LogP contribution in [0.2, 0.25) is 0 Å². The molecule has 0 amide bonds. The highest BCUT2D eigenvalue weighted by molar-refractivity contribution is 9.09. The van der Waals surface area contributed by atoms with E-state index in [0.717, 1.165) is 24.6 Å². The molecule has 96 valence electrons. The SMILES string of the molecule is O=S(=O)(NC1CCCCC1CBr)c1cn[nH]c1. The van der Waals surface area contributed by atoms with Crippen LogP contribution in [0.5, 0.6) is 0 Å². The second kappa shape index (κ2) is 5.49. The van der Waals surface area contributed by atoms with E-state index in [1.54, 1.807) is 0 Å². The van der Waals surface area contributed by atoms with E-state index in [9.17, 15) is 8.42 Å². The molecule has 1 heterocycles. The number of alkyl halides is 1. The summed E-state index contributed by atoms with van der Waals surface area (Å²) < 4.78 is 26.9. The fourth-order valence-electron chi connectivity index (χ4n) is 2.20. The van der Waals surface area contributed by atoms with Crippen LogP contribution in [0, 0.1) is 5.92 Å². The minimum absolute atomic E-state index is 0.0306. The normalized spacial score (nSPS) is 25.9. The Hall–Kier alpha value is -0.400. The van der Waals surface area contributed by atoms with Gasteiger partial charge in [0.05, 0.1) is 6.20 Å². The van der Waals surface area contributed by atoms with Gasteiger partial charge in [-0.05, 0) is 18.8 Å². The Kier molecular flexibility index (Phi) is 4.22. The molecule has 2 atom stereocenters. The van der Waals surface area contributed by atoms with E-state index < -0.39 is 10.0 Å². The largest absolute Gasteiger partial charge is 0.284 e. The summed E-state index contributed by atoms with van der Waals surface area (Å²) in [5.74, 6) is 0.380. The first-order chi connectivity index (χ1) is 8.13. The highest BCUT2D eigenvalue weighted by atomic mass is 79.9. The Labute approximate surface area is 110 Å². The van der Waals surface area contributed by atoms with E-state index in [0.29, 0.717) is 5.92 Å². The van der Waals surface area contributed by atoms with Crippen molar-refractivity contribution >= 4 is 26.0 Å². The molecule has 1 aliphatic carbocycles. The molecular formula is C10H16BrN3O2S. The summed E-state index contributed by atoms with van der Waals surface area (Å²) in [7, 11) is -3.42. The topological polar surface area (TPSA) is 74.8 Å². The Morgan fingerprint density at radius 2 is 2.24 bits per heavy atom. The van der Waals surface area contributed by atoms with Crippen molar-refractivity contribution in [3.8, 4) is 0 Å². The van der Waals surface area contributed by atoms with Gasteiger partial charge in [-0.2, -0.15) is 5.10 Å². The van der Waals surface area contributed by atoms with E-state index >= 15 is 0 Å². The highest BCUT2D eigenvalue weighted by Gasteiger charge is 2.29. The van der Waals surface area contributed by atoms with Gasteiger partial charge >= 0.3 is 0 Å². The van der Waals surface area contributed by atoms with E-state index in [2.05, 4.69) is 30.8 Å². The number of sulfonamides is 1. The monoisotopic (exact) mass is 321 g/mol. The molecule has 0 saturated heterocycles. The molecule has 0 aromatic carbocycles. The van der Waals surface area contributed by atoms with Gasteiger partial charge in [0, 0.05) is 17.6 Å². The molecular weight excluding hydrogens is 306 g/mol. The van der Waals surface area contributed by atoms with Gasteiger partial charge in [-0.15, -0.1) is 0 Å². The van der Waals surface area contributed by atoms with Crippen LogP contribution in [-0.2, 0) is 10.0 Å². The highest BCUT2D eigenvalue weighted by Crippen LogP contribution is 2.27. The van der Waals surface area contributed by atoms with Crippen LogP contribution >= 0.6 is 15.9 Å². The maximum Gasteiger partial charge on any atom is 0.243 e. The van der Waals surface area contributed by atoms with Gasteiger partial charge in [0.25, 0.3) is 0 Å². The molecule has 1 saturated carbocycles. The number of aromatic amines is 1. The number of aromatic nitrogens is 2. The quantitative estimate of drug-likeness (QED) is 0.828.